The molecule has 0 bridgehead atoms. The highest BCUT2D eigenvalue weighted by Crippen LogP contribution is 2.42. The number of pyridine rings is 1. The molecule has 2 aromatic carbocycles. The van der Waals surface area contributed by atoms with Gasteiger partial charge in [-0.05, 0) is 47.9 Å². The minimum absolute atomic E-state index is 0.0852. The van der Waals surface area contributed by atoms with Crippen molar-refractivity contribution in [3.8, 4) is 17.0 Å². The van der Waals surface area contributed by atoms with Crippen LogP contribution >= 0.6 is 34.9 Å². The standard InChI is InChI=1S/C36H34N8O8S3/c1-18-2-4-19(5-3-18)24-11-10-23(28(46)38-24)29(47)39-25(20-6-8-22(45)9-7-20)30(48)40-26-32(49)44-27(35(51)52)21(16-53-34(26)44)17-54-36-42-41-31(55-36)33(50)43-14-12-37-13-15-43/h2-11,25-26,34,37,45H,12-17H2,1H3,(H,38,46)(H,39,47)(H,40,48)(H,51,52)/t25?,26?,34-/m0/s1. The first-order valence-electron chi connectivity index (χ1n) is 17.1. The van der Waals surface area contributed by atoms with Crippen molar-refractivity contribution < 1.29 is 34.2 Å². The van der Waals surface area contributed by atoms with Crippen molar-refractivity contribution in [1.29, 1.82) is 0 Å². The van der Waals surface area contributed by atoms with E-state index in [1.165, 1.54) is 53.9 Å². The van der Waals surface area contributed by atoms with E-state index in [-0.39, 0.29) is 45.0 Å². The minimum atomic E-state index is -1.39. The number of nitrogens with zero attached hydrogens (tertiary/aromatic N) is 4. The summed E-state index contributed by atoms with van der Waals surface area (Å²) in [5, 5.41) is 36.1. The smallest absolute Gasteiger partial charge is 0.352 e. The van der Waals surface area contributed by atoms with Crippen LogP contribution in [-0.2, 0) is 14.4 Å². The number of benzene rings is 2. The Morgan fingerprint density at radius 2 is 1.73 bits per heavy atom. The summed E-state index contributed by atoms with van der Waals surface area (Å²) >= 11 is 3.61. The average molecular weight is 803 g/mol. The molecule has 3 atom stereocenters. The summed E-state index contributed by atoms with van der Waals surface area (Å²) in [6.45, 7) is 4.46. The number of nitrogens with one attached hydrogen (secondary N) is 4. The molecule has 6 N–H and O–H groups in total. The molecular formula is C36H34N8O8S3. The van der Waals surface area contributed by atoms with Crippen LogP contribution in [0.4, 0.5) is 0 Å². The van der Waals surface area contributed by atoms with Crippen LogP contribution < -0.4 is 21.5 Å². The molecule has 0 spiro atoms. The number of phenolic OH excluding ortho intramolecular Hbond substituents is 1. The van der Waals surface area contributed by atoms with Gasteiger partial charge in [0.2, 0.25) is 10.9 Å². The number of aromatic hydroxyl groups is 1. The summed E-state index contributed by atoms with van der Waals surface area (Å²) in [4.78, 5) is 84.7. The lowest BCUT2D eigenvalue weighted by atomic mass is 10.0. The highest BCUT2D eigenvalue weighted by atomic mass is 32.2. The Balaban J connectivity index is 1.04. The van der Waals surface area contributed by atoms with Gasteiger partial charge in [0, 0.05) is 43.4 Å². The van der Waals surface area contributed by atoms with E-state index in [1.807, 2.05) is 31.2 Å². The molecule has 2 fully saturated rings. The number of fused-ring (bicyclic) bond motifs is 1. The van der Waals surface area contributed by atoms with E-state index in [1.54, 1.807) is 11.0 Å². The van der Waals surface area contributed by atoms with Crippen LogP contribution in [0.15, 0.2) is 81.1 Å². The second-order valence-corrected chi connectivity index (χ2v) is 16.1. The largest absolute Gasteiger partial charge is 0.508 e. The Bertz CT molecular complexity index is 2250. The van der Waals surface area contributed by atoms with E-state index >= 15 is 0 Å². The number of rotatable bonds is 11. The lowest BCUT2D eigenvalue weighted by molar-refractivity contribution is -0.151. The molecule has 3 aliphatic rings. The third-order valence-corrected chi connectivity index (χ3v) is 12.7. The van der Waals surface area contributed by atoms with Gasteiger partial charge in [0.05, 0.1) is 0 Å². The van der Waals surface area contributed by atoms with Crippen LogP contribution in [0, 0.1) is 6.92 Å². The number of aliphatic carboxylic acids is 1. The molecular weight excluding hydrogens is 769 g/mol. The first-order valence-corrected chi connectivity index (χ1v) is 19.9. The van der Waals surface area contributed by atoms with Crippen molar-refractivity contribution in [2.75, 3.05) is 37.7 Å². The first kappa shape index (κ1) is 37.8. The summed E-state index contributed by atoms with van der Waals surface area (Å²) < 4.78 is 0.481. The van der Waals surface area contributed by atoms with Crippen LogP contribution in [0.5, 0.6) is 5.75 Å². The van der Waals surface area contributed by atoms with Gasteiger partial charge in [-0.2, -0.15) is 0 Å². The number of carboxylic acid groups (broad SMARTS) is 1. The number of phenols is 1. The highest BCUT2D eigenvalue weighted by Gasteiger charge is 2.54. The van der Waals surface area contributed by atoms with Crippen molar-refractivity contribution >= 4 is 64.5 Å². The number of aryl methyl sites for hydroxylation is 1. The number of aromatic amines is 1. The summed E-state index contributed by atoms with van der Waals surface area (Å²) in [5.74, 6) is -3.47. The van der Waals surface area contributed by atoms with Crippen LogP contribution in [0.1, 0.15) is 37.3 Å². The normalized spacial score (nSPS) is 18.6. The fourth-order valence-electron chi connectivity index (χ4n) is 6.27. The number of H-pyrrole nitrogens is 1. The van der Waals surface area contributed by atoms with Crippen molar-refractivity contribution in [1.82, 2.24) is 40.9 Å². The van der Waals surface area contributed by atoms with E-state index in [4.69, 9.17) is 0 Å². The molecule has 4 aromatic rings. The Morgan fingerprint density at radius 1 is 1.00 bits per heavy atom. The van der Waals surface area contributed by atoms with Crippen molar-refractivity contribution in [3.05, 3.63) is 104 Å². The second kappa shape index (κ2) is 16.1. The lowest BCUT2D eigenvalue weighted by Gasteiger charge is -2.49. The number of β-lactam (4-membered cyclic amide) rings is 1. The summed E-state index contributed by atoms with van der Waals surface area (Å²) in [6.07, 6.45) is 0. The molecule has 16 nitrogen and oxygen atoms in total. The van der Waals surface area contributed by atoms with Gasteiger partial charge in [0.25, 0.3) is 23.3 Å². The predicted octanol–water partition coefficient (Wildman–Crippen LogP) is 1.95. The van der Waals surface area contributed by atoms with Gasteiger partial charge in [-0.1, -0.05) is 65.1 Å². The molecule has 0 radical (unpaired) electrons. The number of piperazine rings is 1. The van der Waals surface area contributed by atoms with Crippen molar-refractivity contribution in [3.63, 3.8) is 0 Å². The molecule has 284 valence electrons. The Morgan fingerprint density at radius 3 is 2.42 bits per heavy atom. The fourth-order valence-corrected chi connectivity index (χ4v) is 9.57. The number of thioether (sulfide) groups is 2. The second-order valence-electron chi connectivity index (χ2n) is 12.8. The van der Waals surface area contributed by atoms with Crippen molar-refractivity contribution in [2.45, 2.75) is 28.7 Å². The van der Waals surface area contributed by atoms with Gasteiger partial charge >= 0.3 is 5.97 Å². The molecule has 2 aromatic heterocycles. The van der Waals surface area contributed by atoms with E-state index in [0.717, 1.165) is 27.4 Å². The van der Waals surface area contributed by atoms with Gasteiger partial charge in [0.15, 0.2) is 4.34 Å². The molecule has 0 saturated carbocycles. The molecule has 4 amide bonds. The summed E-state index contributed by atoms with van der Waals surface area (Å²) in [6, 6.07) is 13.4. The summed E-state index contributed by atoms with van der Waals surface area (Å²) in [5.41, 5.74) is 1.89. The van der Waals surface area contributed by atoms with Crippen LogP contribution in [-0.4, -0.2) is 114 Å². The number of aromatic nitrogens is 3. The van der Waals surface area contributed by atoms with Crippen LogP contribution in [0.3, 0.4) is 0 Å². The Hall–Kier alpha value is -5.50. The number of amides is 4. The molecule has 19 heteroatoms. The third-order valence-electron chi connectivity index (χ3n) is 9.19. The van der Waals surface area contributed by atoms with E-state index in [9.17, 15) is 39.0 Å². The van der Waals surface area contributed by atoms with Gasteiger partial charge < -0.3 is 36.0 Å². The Kier molecular flexibility index (Phi) is 11.0. The number of carbonyl (C=O) groups excluding carboxylic acids is 4. The van der Waals surface area contributed by atoms with Gasteiger partial charge in [0.1, 0.15) is 34.5 Å². The Labute approximate surface area is 325 Å². The predicted molar refractivity (Wildman–Crippen MR) is 205 cm³/mol. The maximum Gasteiger partial charge on any atom is 0.352 e. The zero-order chi connectivity index (χ0) is 38.8. The molecule has 2 unspecified atom stereocenters. The monoisotopic (exact) mass is 802 g/mol. The minimum Gasteiger partial charge on any atom is -0.508 e. The van der Waals surface area contributed by atoms with E-state index < -0.39 is 46.7 Å². The van der Waals surface area contributed by atoms with E-state index in [0.29, 0.717) is 41.8 Å². The maximum atomic E-state index is 13.8. The molecule has 3 aliphatic heterocycles. The number of hydrogen-bond donors (Lipinski definition) is 6. The van der Waals surface area contributed by atoms with Gasteiger partial charge in [-0.3, -0.25) is 28.9 Å². The summed E-state index contributed by atoms with van der Waals surface area (Å²) in [7, 11) is 0. The zero-order valence-corrected chi connectivity index (χ0v) is 31.6. The highest BCUT2D eigenvalue weighted by molar-refractivity contribution is 8.01. The topological polar surface area (TPSA) is 227 Å². The molecule has 5 heterocycles. The quantitative estimate of drug-likeness (QED) is 0.0943. The lowest BCUT2D eigenvalue weighted by Crippen LogP contribution is -2.71. The number of hydrogen-bond acceptors (Lipinski definition) is 13. The third kappa shape index (κ3) is 8.00. The van der Waals surface area contributed by atoms with Gasteiger partial charge in [-0.25, -0.2) is 4.79 Å². The molecule has 0 aliphatic carbocycles. The molecule has 55 heavy (non-hydrogen) atoms. The SMILES string of the molecule is Cc1ccc(-c2ccc(C(=O)NC(C(=O)NC3C(=O)N4C(C(=O)O)=C(CSc5nnc(C(=O)N6CCNCC6)s5)CS[C@@H]34)c3ccc(O)cc3)c(=O)[nH]2)cc1. The molecule has 2 saturated heterocycles. The number of carbonyl (C=O) groups is 5. The van der Waals surface area contributed by atoms with Crippen LogP contribution in [0.25, 0.3) is 11.3 Å². The number of carboxylic acids is 1. The zero-order valence-electron chi connectivity index (χ0n) is 29.1. The first-order chi connectivity index (χ1) is 26.5. The van der Waals surface area contributed by atoms with E-state index in [2.05, 4.69) is 31.1 Å². The van der Waals surface area contributed by atoms with Crippen molar-refractivity contribution in [2.24, 2.45) is 0 Å². The van der Waals surface area contributed by atoms with Gasteiger partial charge in [-0.15, -0.1) is 22.0 Å². The van der Waals surface area contributed by atoms with Crippen LogP contribution in [0.2, 0.25) is 0 Å². The molecule has 7 rings (SSSR count). The maximum absolute atomic E-state index is 13.8. The fraction of sp³-hybridized carbons (Fsp3) is 0.278. The average Bonchev–Trinajstić information content (AvgIpc) is 3.67.